The number of aromatic nitrogens is 1. The molecule has 134 valence electrons. The average Bonchev–Trinajstić information content (AvgIpc) is 3.07. The third-order valence-corrected chi connectivity index (χ3v) is 4.55. The van der Waals surface area contributed by atoms with Gasteiger partial charge < -0.3 is 9.73 Å². The number of halogens is 1. The Morgan fingerprint density at radius 2 is 1.89 bits per heavy atom. The molecule has 5 heteroatoms. The molecule has 0 spiro atoms. The van der Waals surface area contributed by atoms with E-state index in [9.17, 15) is 4.79 Å². The van der Waals surface area contributed by atoms with Crippen molar-refractivity contribution < 1.29 is 9.21 Å². The number of carbonyl (C=O) groups is 1. The van der Waals surface area contributed by atoms with Gasteiger partial charge in [-0.2, -0.15) is 0 Å². The standard InChI is InChI=1S/C22H17ClN2O2/c1-14-7-8-16(22-25-19-13-17(23)9-10-20(19)27-22)12-18(14)24-21(26)11-15-5-3-2-4-6-15/h2-10,12-13H,11H2,1H3,(H,24,26). The minimum atomic E-state index is -0.0641. The molecule has 3 aromatic carbocycles. The molecule has 0 saturated heterocycles. The molecule has 0 aliphatic rings. The van der Waals surface area contributed by atoms with E-state index in [0.29, 0.717) is 28.4 Å². The molecule has 0 bridgehead atoms. The van der Waals surface area contributed by atoms with Crippen LogP contribution in [0.1, 0.15) is 11.1 Å². The van der Waals surface area contributed by atoms with Crippen LogP contribution in [0, 0.1) is 6.92 Å². The number of hydrogen-bond acceptors (Lipinski definition) is 3. The maximum absolute atomic E-state index is 12.4. The van der Waals surface area contributed by atoms with Crippen LogP contribution in [0.4, 0.5) is 5.69 Å². The zero-order valence-corrected chi connectivity index (χ0v) is 15.5. The number of nitrogens with one attached hydrogen (secondary N) is 1. The van der Waals surface area contributed by atoms with Gasteiger partial charge in [0.2, 0.25) is 11.8 Å². The number of fused-ring (bicyclic) bond motifs is 1. The van der Waals surface area contributed by atoms with Gasteiger partial charge in [0.05, 0.1) is 6.42 Å². The first kappa shape index (κ1) is 17.3. The van der Waals surface area contributed by atoms with Crippen molar-refractivity contribution in [1.29, 1.82) is 0 Å². The van der Waals surface area contributed by atoms with Gasteiger partial charge in [-0.15, -0.1) is 0 Å². The Bertz CT molecular complexity index is 1120. The predicted octanol–water partition coefficient (Wildman–Crippen LogP) is 5.64. The Morgan fingerprint density at radius 3 is 2.70 bits per heavy atom. The molecule has 0 unspecified atom stereocenters. The highest BCUT2D eigenvalue weighted by atomic mass is 35.5. The molecule has 0 aliphatic heterocycles. The molecule has 1 heterocycles. The van der Waals surface area contributed by atoms with Crippen molar-refractivity contribution in [3.63, 3.8) is 0 Å². The number of aryl methyl sites for hydroxylation is 1. The van der Waals surface area contributed by atoms with Crippen molar-refractivity contribution in [2.24, 2.45) is 0 Å². The highest BCUT2D eigenvalue weighted by molar-refractivity contribution is 6.31. The van der Waals surface area contributed by atoms with Gasteiger partial charge in [0.1, 0.15) is 5.52 Å². The summed E-state index contributed by atoms with van der Waals surface area (Å²) in [5.74, 6) is 0.427. The van der Waals surface area contributed by atoms with E-state index in [-0.39, 0.29) is 5.91 Å². The summed E-state index contributed by atoms with van der Waals surface area (Å²) in [6.45, 7) is 1.95. The second-order valence-electron chi connectivity index (χ2n) is 6.37. The Hall–Kier alpha value is -3.11. The molecule has 0 fully saturated rings. The third kappa shape index (κ3) is 3.86. The molecular formula is C22H17ClN2O2. The molecule has 1 aromatic heterocycles. The molecule has 0 saturated carbocycles. The number of oxazole rings is 1. The number of anilines is 1. The summed E-state index contributed by atoms with van der Waals surface area (Å²) in [4.78, 5) is 16.9. The van der Waals surface area contributed by atoms with Gasteiger partial charge >= 0.3 is 0 Å². The molecule has 0 aliphatic carbocycles. The first-order valence-corrected chi connectivity index (χ1v) is 8.97. The van der Waals surface area contributed by atoms with E-state index < -0.39 is 0 Å². The molecule has 4 rings (SSSR count). The normalized spacial score (nSPS) is 10.9. The summed E-state index contributed by atoms with van der Waals surface area (Å²) >= 11 is 6.01. The fraction of sp³-hybridized carbons (Fsp3) is 0.0909. The van der Waals surface area contributed by atoms with Gasteiger partial charge in [-0.3, -0.25) is 4.79 Å². The smallest absolute Gasteiger partial charge is 0.228 e. The van der Waals surface area contributed by atoms with Crippen molar-refractivity contribution in [3.8, 4) is 11.5 Å². The minimum Gasteiger partial charge on any atom is -0.436 e. The summed E-state index contributed by atoms with van der Waals surface area (Å²) in [5, 5.41) is 3.59. The molecule has 0 atom stereocenters. The van der Waals surface area contributed by atoms with Crippen LogP contribution in [-0.2, 0) is 11.2 Å². The Morgan fingerprint density at radius 1 is 1.07 bits per heavy atom. The third-order valence-electron chi connectivity index (χ3n) is 4.32. The van der Waals surface area contributed by atoms with Gasteiger partial charge in [-0.1, -0.05) is 48.0 Å². The lowest BCUT2D eigenvalue weighted by atomic mass is 10.1. The van der Waals surface area contributed by atoms with Crippen molar-refractivity contribution in [2.45, 2.75) is 13.3 Å². The molecule has 1 amide bonds. The fourth-order valence-corrected chi connectivity index (χ4v) is 3.06. The van der Waals surface area contributed by atoms with Crippen LogP contribution < -0.4 is 5.32 Å². The van der Waals surface area contributed by atoms with E-state index in [4.69, 9.17) is 16.0 Å². The lowest BCUT2D eigenvalue weighted by Gasteiger charge is -2.10. The van der Waals surface area contributed by atoms with E-state index in [1.54, 1.807) is 18.2 Å². The second-order valence-corrected chi connectivity index (χ2v) is 6.81. The zero-order chi connectivity index (χ0) is 18.8. The van der Waals surface area contributed by atoms with E-state index in [0.717, 1.165) is 22.4 Å². The highest BCUT2D eigenvalue weighted by Gasteiger charge is 2.12. The van der Waals surface area contributed by atoms with E-state index >= 15 is 0 Å². The lowest BCUT2D eigenvalue weighted by Crippen LogP contribution is -2.15. The van der Waals surface area contributed by atoms with Gasteiger partial charge in [-0.25, -0.2) is 4.98 Å². The van der Waals surface area contributed by atoms with Crippen LogP contribution in [0.25, 0.3) is 22.6 Å². The molecule has 0 radical (unpaired) electrons. The van der Waals surface area contributed by atoms with Crippen LogP contribution in [0.2, 0.25) is 5.02 Å². The van der Waals surface area contributed by atoms with Crippen molar-refractivity contribution >= 4 is 34.3 Å². The summed E-state index contributed by atoms with van der Waals surface area (Å²) in [5.41, 5.74) is 4.85. The zero-order valence-electron chi connectivity index (χ0n) is 14.7. The number of amides is 1. The molecule has 4 aromatic rings. The van der Waals surface area contributed by atoms with Gasteiger partial charge in [0.15, 0.2) is 5.58 Å². The van der Waals surface area contributed by atoms with Gasteiger partial charge in [0.25, 0.3) is 0 Å². The Balaban J connectivity index is 1.59. The van der Waals surface area contributed by atoms with Crippen LogP contribution in [0.5, 0.6) is 0 Å². The number of rotatable bonds is 4. The number of nitrogens with zero attached hydrogens (tertiary/aromatic N) is 1. The lowest BCUT2D eigenvalue weighted by molar-refractivity contribution is -0.115. The van der Waals surface area contributed by atoms with E-state index in [1.807, 2.05) is 55.5 Å². The quantitative estimate of drug-likeness (QED) is 0.501. The van der Waals surface area contributed by atoms with Gasteiger partial charge in [0, 0.05) is 16.3 Å². The molecule has 1 N–H and O–H groups in total. The summed E-state index contributed by atoms with van der Waals surface area (Å²) in [7, 11) is 0. The Kier molecular flexibility index (Phi) is 4.65. The van der Waals surface area contributed by atoms with Crippen molar-refractivity contribution in [3.05, 3.63) is 82.9 Å². The van der Waals surface area contributed by atoms with Crippen LogP contribution in [-0.4, -0.2) is 10.9 Å². The number of benzene rings is 3. The first-order chi connectivity index (χ1) is 13.1. The van der Waals surface area contributed by atoms with Crippen molar-refractivity contribution in [2.75, 3.05) is 5.32 Å². The van der Waals surface area contributed by atoms with Crippen LogP contribution in [0.15, 0.2) is 71.1 Å². The minimum absolute atomic E-state index is 0.0641. The first-order valence-electron chi connectivity index (χ1n) is 8.59. The SMILES string of the molecule is Cc1ccc(-c2nc3cc(Cl)ccc3o2)cc1NC(=O)Cc1ccccc1. The summed E-state index contributed by atoms with van der Waals surface area (Å²) < 4.78 is 5.82. The molecule has 4 nitrogen and oxygen atoms in total. The van der Waals surface area contributed by atoms with Crippen LogP contribution >= 0.6 is 11.6 Å². The number of hydrogen-bond donors (Lipinski definition) is 1. The fourth-order valence-electron chi connectivity index (χ4n) is 2.89. The van der Waals surface area contributed by atoms with Gasteiger partial charge in [-0.05, 0) is 48.4 Å². The largest absolute Gasteiger partial charge is 0.436 e. The highest BCUT2D eigenvalue weighted by Crippen LogP contribution is 2.29. The predicted molar refractivity (Wildman–Crippen MR) is 108 cm³/mol. The second kappa shape index (κ2) is 7.25. The maximum atomic E-state index is 12.4. The maximum Gasteiger partial charge on any atom is 0.228 e. The molecule has 27 heavy (non-hydrogen) atoms. The molecular weight excluding hydrogens is 360 g/mol. The Labute approximate surface area is 161 Å². The summed E-state index contributed by atoms with van der Waals surface area (Å²) in [6, 6.07) is 20.7. The number of carbonyl (C=O) groups excluding carboxylic acids is 1. The van der Waals surface area contributed by atoms with Crippen LogP contribution in [0.3, 0.4) is 0 Å². The van der Waals surface area contributed by atoms with Crippen molar-refractivity contribution in [1.82, 2.24) is 4.98 Å². The topological polar surface area (TPSA) is 55.1 Å². The average molecular weight is 377 g/mol. The van der Waals surface area contributed by atoms with E-state index in [1.165, 1.54) is 0 Å². The monoisotopic (exact) mass is 376 g/mol. The summed E-state index contributed by atoms with van der Waals surface area (Å²) in [6.07, 6.45) is 0.325. The van der Waals surface area contributed by atoms with E-state index in [2.05, 4.69) is 10.3 Å².